The summed E-state index contributed by atoms with van der Waals surface area (Å²) < 4.78 is 0. The van der Waals surface area contributed by atoms with E-state index < -0.39 is 0 Å². The fourth-order valence-corrected chi connectivity index (χ4v) is 2.98. The van der Waals surface area contributed by atoms with E-state index in [1.54, 1.807) is 0 Å². The maximum Gasteiger partial charge on any atom is 0.224 e. The molecule has 0 spiro atoms. The molecule has 4 heteroatoms. The van der Waals surface area contributed by atoms with Gasteiger partial charge < -0.3 is 14.8 Å². The molecular weight excluding hydrogens is 226 g/mol. The lowest BCUT2D eigenvalue weighted by Crippen LogP contribution is -2.37. The number of hydrogen-bond donors (Lipinski definition) is 1. The Labute approximate surface area is 108 Å². The van der Waals surface area contributed by atoms with Gasteiger partial charge in [-0.3, -0.25) is 4.79 Å². The Morgan fingerprint density at radius 3 is 2.94 bits per heavy atom. The van der Waals surface area contributed by atoms with E-state index in [2.05, 4.69) is 16.0 Å². The Balaban J connectivity index is 1.51. The van der Waals surface area contributed by atoms with E-state index >= 15 is 0 Å². The summed E-state index contributed by atoms with van der Waals surface area (Å²) in [6.07, 6.45) is 6.22. The van der Waals surface area contributed by atoms with Gasteiger partial charge in [0.2, 0.25) is 5.91 Å². The van der Waals surface area contributed by atoms with Gasteiger partial charge in [-0.2, -0.15) is 0 Å². The third-order valence-electron chi connectivity index (χ3n) is 4.12. The topological polar surface area (TPSA) is 39.3 Å². The van der Waals surface area contributed by atoms with Gasteiger partial charge in [0.25, 0.3) is 0 Å². The standard InChI is InChI=1S/C14H21N3O/c18-14(5-9-16-7-1-2-8-16)17-10-4-13-12(11-17)3-6-15-13/h3,6,15H,1-2,4-5,7-11H2. The summed E-state index contributed by atoms with van der Waals surface area (Å²) in [5.74, 6) is 0.314. The molecule has 2 aliphatic heterocycles. The molecule has 3 heterocycles. The Kier molecular flexibility index (Phi) is 3.37. The molecule has 0 unspecified atom stereocenters. The summed E-state index contributed by atoms with van der Waals surface area (Å²) in [4.78, 5) is 19.8. The van der Waals surface area contributed by atoms with Crippen LogP contribution in [0.3, 0.4) is 0 Å². The predicted octanol–water partition coefficient (Wildman–Crippen LogP) is 1.39. The Hall–Kier alpha value is -1.29. The van der Waals surface area contributed by atoms with Crippen LogP contribution in [-0.4, -0.2) is 46.9 Å². The zero-order valence-electron chi connectivity index (χ0n) is 10.8. The lowest BCUT2D eigenvalue weighted by atomic mass is 10.1. The first kappa shape index (κ1) is 11.8. The normalized spacial score (nSPS) is 20.1. The average molecular weight is 247 g/mol. The number of carbonyl (C=O) groups excluding carboxylic acids is 1. The van der Waals surface area contributed by atoms with E-state index in [-0.39, 0.29) is 0 Å². The van der Waals surface area contributed by atoms with Gasteiger partial charge in [-0.1, -0.05) is 0 Å². The molecule has 0 bridgehead atoms. The average Bonchev–Trinajstić information content (AvgIpc) is 3.05. The number of carbonyl (C=O) groups is 1. The van der Waals surface area contributed by atoms with Crippen LogP contribution in [0.4, 0.5) is 0 Å². The molecule has 0 saturated carbocycles. The van der Waals surface area contributed by atoms with Gasteiger partial charge in [0.1, 0.15) is 0 Å². The summed E-state index contributed by atoms with van der Waals surface area (Å²) in [5, 5.41) is 0. The van der Waals surface area contributed by atoms with Crippen molar-refractivity contribution in [2.24, 2.45) is 0 Å². The summed E-state index contributed by atoms with van der Waals surface area (Å²) in [6, 6.07) is 2.09. The zero-order valence-corrected chi connectivity index (χ0v) is 10.8. The van der Waals surface area contributed by atoms with Gasteiger partial charge in [0, 0.05) is 44.4 Å². The molecule has 3 rings (SSSR count). The molecule has 1 N–H and O–H groups in total. The van der Waals surface area contributed by atoms with Crippen molar-refractivity contribution in [3.8, 4) is 0 Å². The van der Waals surface area contributed by atoms with Crippen molar-refractivity contribution in [2.75, 3.05) is 26.2 Å². The number of fused-ring (bicyclic) bond motifs is 1. The van der Waals surface area contributed by atoms with Crippen LogP contribution in [0.15, 0.2) is 12.3 Å². The van der Waals surface area contributed by atoms with Crippen LogP contribution in [0.25, 0.3) is 0 Å². The molecule has 4 nitrogen and oxygen atoms in total. The molecule has 0 aromatic carbocycles. The van der Waals surface area contributed by atoms with E-state index in [1.165, 1.54) is 37.2 Å². The molecule has 1 saturated heterocycles. The van der Waals surface area contributed by atoms with Crippen molar-refractivity contribution >= 4 is 5.91 Å². The van der Waals surface area contributed by atoms with Crippen LogP contribution in [0.5, 0.6) is 0 Å². The first-order valence-corrected chi connectivity index (χ1v) is 6.98. The van der Waals surface area contributed by atoms with Crippen LogP contribution in [0, 0.1) is 0 Å². The molecule has 1 fully saturated rings. The Morgan fingerprint density at radius 1 is 1.28 bits per heavy atom. The van der Waals surface area contributed by atoms with E-state index in [1.807, 2.05) is 11.1 Å². The maximum atomic E-state index is 12.2. The summed E-state index contributed by atoms with van der Waals surface area (Å²) in [5.41, 5.74) is 2.59. The molecule has 1 aromatic rings. The molecular formula is C14H21N3O. The number of hydrogen-bond acceptors (Lipinski definition) is 2. The highest BCUT2D eigenvalue weighted by Gasteiger charge is 2.22. The van der Waals surface area contributed by atoms with Gasteiger partial charge in [-0.15, -0.1) is 0 Å². The lowest BCUT2D eigenvalue weighted by Gasteiger charge is -2.27. The molecule has 2 aliphatic rings. The van der Waals surface area contributed by atoms with Crippen LogP contribution >= 0.6 is 0 Å². The highest BCUT2D eigenvalue weighted by molar-refractivity contribution is 5.76. The van der Waals surface area contributed by atoms with E-state index in [9.17, 15) is 4.79 Å². The smallest absolute Gasteiger partial charge is 0.224 e. The number of rotatable bonds is 3. The maximum absolute atomic E-state index is 12.2. The molecule has 0 atom stereocenters. The first-order valence-electron chi connectivity index (χ1n) is 6.98. The van der Waals surface area contributed by atoms with Gasteiger partial charge >= 0.3 is 0 Å². The SMILES string of the molecule is O=C(CCN1CCCC1)N1CCc2[nH]ccc2C1. The molecule has 1 amide bonds. The Morgan fingerprint density at radius 2 is 2.11 bits per heavy atom. The molecule has 0 radical (unpaired) electrons. The van der Waals surface area contributed by atoms with Crippen LogP contribution in [0.2, 0.25) is 0 Å². The minimum Gasteiger partial charge on any atom is -0.365 e. The fraction of sp³-hybridized carbons (Fsp3) is 0.643. The number of amides is 1. The number of aromatic nitrogens is 1. The van der Waals surface area contributed by atoms with Crippen molar-refractivity contribution in [1.29, 1.82) is 0 Å². The molecule has 18 heavy (non-hydrogen) atoms. The second-order valence-electron chi connectivity index (χ2n) is 5.35. The first-order chi connectivity index (χ1) is 8.83. The molecule has 98 valence electrons. The number of nitrogens with zero attached hydrogens (tertiary/aromatic N) is 2. The van der Waals surface area contributed by atoms with Crippen molar-refractivity contribution in [1.82, 2.24) is 14.8 Å². The predicted molar refractivity (Wildman–Crippen MR) is 70.2 cm³/mol. The third kappa shape index (κ3) is 2.43. The van der Waals surface area contributed by atoms with Crippen molar-refractivity contribution in [3.63, 3.8) is 0 Å². The molecule has 1 aromatic heterocycles. The van der Waals surface area contributed by atoms with Crippen LogP contribution in [0.1, 0.15) is 30.5 Å². The van der Waals surface area contributed by atoms with Gasteiger partial charge in [0.05, 0.1) is 0 Å². The second kappa shape index (κ2) is 5.14. The van der Waals surface area contributed by atoms with Crippen molar-refractivity contribution < 1.29 is 4.79 Å². The number of H-pyrrole nitrogens is 1. The minimum absolute atomic E-state index is 0.314. The zero-order chi connectivity index (χ0) is 12.4. The largest absolute Gasteiger partial charge is 0.365 e. The lowest BCUT2D eigenvalue weighted by molar-refractivity contribution is -0.132. The van der Waals surface area contributed by atoms with Gasteiger partial charge in [-0.25, -0.2) is 0 Å². The van der Waals surface area contributed by atoms with E-state index in [0.29, 0.717) is 12.3 Å². The second-order valence-corrected chi connectivity index (χ2v) is 5.35. The number of likely N-dealkylation sites (tertiary alicyclic amines) is 1. The third-order valence-corrected chi connectivity index (χ3v) is 4.12. The van der Waals surface area contributed by atoms with Gasteiger partial charge in [-0.05, 0) is 37.6 Å². The molecule has 0 aliphatic carbocycles. The Bertz CT molecular complexity index is 420. The van der Waals surface area contributed by atoms with Crippen molar-refractivity contribution in [2.45, 2.75) is 32.2 Å². The quantitative estimate of drug-likeness (QED) is 0.876. The monoisotopic (exact) mass is 247 g/mol. The highest BCUT2D eigenvalue weighted by Crippen LogP contribution is 2.18. The van der Waals surface area contributed by atoms with Gasteiger partial charge in [0.15, 0.2) is 0 Å². The van der Waals surface area contributed by atoms with Crippen molar-refractivity contribution in [3.05, 3.63) is 23.5 Å². The number of aromatic amines is 1. The fourth-order valence-electron chi connectivity index (χ4n) is 2.98. The summed E-state index contributed by atoms with van der Waals surface area (Å²) >= 11 is 0. The van der Waals surface area contributed by atoms with Crippen LogP contribution < -0.4 is 0 Å². The number of nitrogens with one attached hydrogen (secondary N) is 1. The van der Waals surface area contributed by atoms with E-state index in [0.717, 1.165) is 26.1 Å². The van der Waals surface area contributed by atoms with E-state index in [4.69, 9.17) is 0 Å². The minimum atomic E-state index is 0.314. The summed E-state index contributed by atoms with van der Waals surface area (Å²) in [6.45, 7) is 4.95. The van der Waals surface area contributed by atoms with Crippen LogP contribution in [-0.2, 0) is 17.8 Å². The highest BCUT2D eigenvalue weighted by atomic mass is 16.2. The summed E-state index contributed by atoms with van der Waals surface area (Å²) in [7, 11) is 0.